The lowest BCUT2D eigenvalue weighted by Crippen LogP contribution is -2.44. The fraction of sp³-hybridized carbons (Fsp3) is 0.500. The van der Waals surface area contributed by atoms with Crippen molar-refractivity contribution in [2.24, 2.45) is 5.92 Å². The van der Waals surface area contributed by atoms with Crippen molar-refractivity contribution in [3.8, 4) is 0 Å². The molecule has 1 unspecified atom stereocenters. The van der Waals surface area contributed by atoms with Crippen molar-refractivity contribution in [2.75, 3.05) is 19.6 Å². The molecule has 1 saturated heterocycles. The van der Waals surface area contributed by atoms with Crippen LogP contribution in [-0.2, 0) is 14.8 Å². The minimum atomic E-state index is -3.69. The second-order valence-electron chi connectivity index (χ2n) is 7.45. The monoisotopic (exact) mass is 405 g/mol. The van der Waals surface area contributed by atoms with Gasteiger partial charge in [0, 0.05) is 31.2 Å². The molecule has 8 heteroatoms. The zero-order valence-electron chi connectivity index (χ0n) is 15.9. The van der Waals surface area contributed by atoms with Gasteiger partial charge in [-0.15, -0.1) is 0 Å². The molecule has 2 fully saturated rings. The average Bonchev–Trinajstić information content (AvgIpc) is 3.53. The first-order chi connectivity index (χ1) is 13.4. The smallest absolute Gasteiger partial charge is 0.251 e. The Bertz CT molecular complexity index is 832. The molecule has 0 bridgehead atoms. The molecule has 3 rings (SSSR count). The van der Waals surface area contributed by atoms with Crippen molar-refractivity contribution < 1.29 is 18.0 Å². The molecule has 1 atom stereocenters. The maximum atomic E-state index is 13.0. The predicted octanol–water partition coefficient (Wildman–Crippen LogP) is 1.67. The Morgan fingerprint density at radius 3 is 2.50 bits per heavy atom. The van der Waals surface area contributed by atoms with E-state index in [1.807, 2.05) is 0 Å². The molecule has 2 N–H and O–H groups in total. The number of carbonyl (C=O) groups excluding carboxylic acids is 2. The van der Waals surface area contributed by atoms with E-state index < -0.39 is 10.0 Å². The van der Waals surface area contributed by atoms with Gasteiger partial charge in [-0.05, 0) is 61.9 Å². The van der Waals surface area contributed by atoms with Crippen LogP contribution >= 0.6 is 0 Å². The number of rotatable bonds is 7. The van der Waals surface area contributed by atoms with Crippen LogP contribution in [0.2, 0.25) is 0 Å². The summed E-state index contributed by atoms with van der Waals surface area (Å²) >= 11 is 0. The van der Waals surface area contributed by atoms with Crippen LogP contribution in [0.15, 0.2) is 41.8 Å². The Morgan fingerprint density at radius 1 is 1.14 bits per heavy atom. The van der Waals surface area contributed by atoms with E-state index in [1.165, 1.54) is 22.5 Å². The van der Waals surface area contributed by atoms with Gasteiger partial charge < -0.3 is 10.6 Å². The summed E-state index contributed by atoms with van der Waals surface area (Å²) in [6, 6.07) is 5.80. The summed E-state index contributed by atoms with van der Waals surface area (Å²) in [5.41, 5.74) is 0.451. The Balaban J connectivity index is 1.68. The first-order valence-electron chi connectivity index (χ1n) is 9.71. The molecule has 1 aliphatic heterocycles. The lowest BCUT2D eigenvalue weighted by atomic mass is 10.1. The summed E-state index contributed by atoms with van der Waals surface area (Å²) < 4.78 is 27.5. The molecule has 1 aromatic carbocycles. The number of carbonyl (C=O) groups is 2. The minimum Gasteiger partial charge on any atom is -0.352 e. The fourth-order valence-electron chi connectivity index (χ4n) is 3.29. The molecule has 2 aliphatic rings. The minimum absolute atomic E-state index is 0.155. The van der Waals surface area contributed by atoms with Gasteiger partial charge in [0.15, 0.2) is 0 Å². The molecule has 28 heavy (non-hydrogen) atoms. The Kier molecular flexibility index (Phi) is 6.51. The molecule has 1 heterocycles. The summed E-state index contributed by atoms with van der Waals surface area (Å²) in [5.74, 6) is 0.102. The van der Waals surface area contributed by atoms with Crippen LogP contribution in [0.4, 0.5) is 0 Å². The molecule has 0 radical (unpaired) electrons. The second-order valence-corrected chi connectivity index (χ2v) is 9.38. The normalized spacial score (nSPS) is 20.8. The Labute approximate surface area is 166 Å². The molecule has 1 saturated carbocycles. The molecule has 0 spiro atoms. The van der Waals surface area contributed by atoms with Crippen LogP contribution in [-0.4, -0.2) is 50.2 Å². The number of nitrogens with one attached hydrogen (secondary N) is 2. The van der Waals surface area contributed by atoms with Crippen LogP contribution in [0.5, 0.6) is 0 Å². The first kappa shape index (κ1) is 20.5. The second kappa shape index (κ2) is 8.87. The van der Waals surface area contributed by atoms with E-state index in [1.54, 1.807) is 12.1 Å². The van der Waals surface area contributed by atoms with Crippen LogP contribution < -0.4 is 10.6 Å². The Morgan fingerprint density at radius 2 is 1.86 bits per heavy atom. The zero-order chi connectivity index (χ0) is 20.1. The molecule has 1 aromatic rings. The fourth-order valence-corrected chi connectivity index (χ4v) is 4.82. The van der Waals surface area contributed by atoms with E-state index in [9.17, 15) is 18.0 Å². The van der Waals surface area contributed by atoms with E-state index in [0.717, 1.165) is 32.1 Å². The number of hydrogen-bond acceptors (Lipinski definition) is 4. The maximum Gasteiger partial charge on any atom is 0.251 e. The van der Waals surface area contributed by atoms with Crippen molar-refractivity contribution in [1.29, 1.82) is 0 Å². The van der Waals surface area contributed by atoms with E-state index in [0.29, 0.717) is 24.6 Å². The molecule has 1 aliphatic carbocycles. The first-order valence-corrected chi connectivity index (χ1v) is 11.2. The standard InChI is InChI=1S/C20H27N3O4S/c1-2-19(24)22-17-5-3-4-12-23(14-17)28(26,27)18-10-8-16(9-11-18)20(25)21-13-15-6-7-15/h2,8-11,15,17H,1,3-7,12-14H2,(H,21,25)(H,22,24). The van der Waals surface area contributed by atoms with Crippen LogP contribution in [0.3, 0.4) is 0 Å². The highest BCUT2D eigenvalue weighted by Crippen LogP contribution is 2.27. The lowest BCUT2D eigenvalue weighted by molar-refractivity contribution is -0.117. The zero-order valence-corrected chi connectivity index (χ0v) is 16.7. The Hall–Kier alpha value is -2.19. The predicted molar refractivity (Wildman–Crippen MR) is 106 cm³/mol. The van der Waals surface area contributed by atoms with Gasteiger partial charge >= 0.3 is 0 Å². The SMILES string of the molecule is C=CC(=O)NC1CCCCN(S(=O)(=O)c2ccc(C(=O)NCC3CC3)cc2)C1. The van der Waals surface area contributed by atoms with Crippen LogP contribution in [0.25, 0.3) is 0 Å². The molecule has 7 nitrogen and oxygen atoms in total. The number of benzene rings is 1. The number of sulfonamides is 1. The van der Waals surface area contributed by atoms with Gasteiger partial charge in [0.05, 0.1) is 4.90 Å². The van der Waals surface area contributed by atoms with Gasteiger partial charge in [0.25, 0.3) is 5.91 Å². The highest BCUT2D eigenvalue weighted by molar-refractivity contribution is 7.89. The average molecular weight is 406 g/mol. The van der Waals surface area contributed by atoms with E-state index in [2.05, 4.69) is 17.2 Å². The maximum absolute atomic E-state index is 13.0. The van der Waals surface area contributed by atoms with Gasteiger partial charge in [0.2, 0.25) is 15.9 Å². The van der Waals surface area contributed by atoms with Gasteiger partial charge in [-0.1, -0.05) is 13.0 Å². The summed E-state index contributed by atoms with van der Waals surface area (Å²) in [7, 11) is -3.69. The molecule has 2 amide bonds. The van der Waals surface area contributed by atoms with Gasteiger partial charge in [-0.2, -0.15) is 4.31 Å². The van der Waals surface area contributed by atoms with E-state index >= 15 is 0 Å². The van der Waals surface area contributed by atoms with Crippen molar-refractivity contribution in [2.45, 2.75) is 43.0 Å². The van der Waals surface area contributed by atoms with Crippen LogP contribution in [0.1, 0.15) is 42.5 Å². The van der Waals surface area contributed by atoms with Crippen molar-refractivity contribution in [1.82, 2.24) is 14.9 Å². The highest BCUT2D eigenvalue weighted by Gasteiger charge is 2.29. The summed E-state index contributed by atoms with van der Waals surface area (Å²) in [6.45, 7) is 4.74. The van der Waals surface area contributed by atoms with Crippen molar-refractivity contribution in [3.63, 3.8) is 0 Å². The summed E-state index contributed by atoms with van der Waals surface area (Å²) in [5, 5.41) is 5.67. The third-order valence-electron chi connectivity index (χ3n) is 5.17. The van der Waals surface area contributed by atoms with Gasteiger partial charge in [0.1, 0.15) is 0 Å². The molecule has 0 aromatic heterocycles. The largest absolute Gasteiger partial charge is 0.352 e. The van der Waals surface area contributed by atoms with E-state index in [4.69, 9.17) is 0 Å². The van der Waals surface area contributed by atoms with Crippen LogP contribution in [0, 0.1) is 5.92 Å². The van der Waals surface area contributed by atoms with Gasteiger partial charge in [-0.25, -0.2) is 8.42 Å². The highest BCUT2D eigenvalue weighted by atomic mass is 32.2. The summed E-state index contributed by atoms with van der Waals surface area (Å²) in [6.07, 6.45) is 5.81. The third kappa shape index (κ3) is 5.20. The third-order valence-corrected chi connectivity index (χ3v) is 7.05. The number of hydrogen-bond donors (Lipinski definition) is 2. The topological polar surface area (TPSA) is 95.6 Å². The molecular weight excluding hydrogens is 378 g/mol. The lowest BCUT2D eigenvalue weighted by Gasteiger charge is -2.24. The van der Waals surface area contributed by atoms with Crippen molar-refractivity contribution in [3.05, 3.63) is 42.5 Å². The van der Waals surface area contributed by atoms with Gasteiger partial charge in [-0.3, -0.25) is 9.59 Å². The van der Waals surface area contributed by atoms with Crippen molar-refractivity contribution >= 4 is 21.8 Å². The molecular formula is C20H27N3O4S. The quantitative estimate of drug-likeness (QED) is 0.675. The number of nitrogens with zero attached hydrogens (tertiary/aromatic N) is 1. The molecule has 152 valence electrons. The summed E-state index contributed by atoms with van der Waals surface area (Å²) in [4.78, 5) is 23.9. The van der Waals surface area contributed by atoms with E-state index in [-0.39, 0.29) is 29.3 Å². The number of amides is 2.